The molecule has 0 aliphatic rings. The normalized spacial score (nSPS) is 9.85. The third-order valence-corrected chi connectivity index (χ3v) is 3.62. The molecule has 0 bridgehead atoms. The lowest BCUT2D eigenvalue weighted by molar-refractivity contribution is -0.124. The lowest BCUT2D eigenvalue weighted by Crippen LogP contribution is -2.50. The summed E-state index contributed by atoms with van der Waals surface area (Å²) in [4.78, 5) is 23.5. The maximum absolute atomic E-state index is 11.8. The molecule has 0 aliphatic heterocycles. The molecule has 0 saturated carbocycles. The van der Waals surface area contributed by atoms with Crippen molar-refractivity contribution >= 4 is 29.1 Å². The standard InChI is InChI=1S/C19H21N3O4S/c1-13-7-9-15(10-8-13)25-12-18(24)21-22-19(27)20-17(23)11-26-16-6-4-3-5-14(16)2/h3-10H,11-12H2,1-2H3,(H,21,24)(H2,20,22,23,27). The Kier molecular flexibility index (Phi) is 7.57. The first kappa shape index (κ1) is 20.2. The quantitative estimate of drug-likeness (QED) is 0.517. The first-order valence-electron chi connectivity index (χ1n) is 8.20. The molecule has 0 heterocycles. The number of amides is 2. The van der Waals surface area contributed by atoms with Crippen molar-refractivity contribution in [3.63, 3.8) is 0 Å². The number of nitrogens with one attached hydrogen (secondary N) is 3. The molecule has 0 saturated heterocycles. The average molecular weight is 387 g/mol. The third-order valence-electron chi connectivity index (χ3n) is 3.41. The summed E-state index contributed by atoms with van der Waals surface area (Å²) in [5, 5.41) is 2.36. The number of carbonyl (C=O) groups is 2. The van der Waals surface area contributed by atoms with E-state index in [1.165, 1.54) is 0 Å². The smallest absolute Gasteiger partial charge is 0.276 e. The fraction of sp³-hybridized carbons (Fsp3) is 0.211. The van der Waals surface area contributed by atoms with E-state index in [1.807, 2.05) is 44.2 Å². The molecule has 2 aromatic carbocycles. The number of benzene rings is 2. The van der Waals surface area contributed by atoms with Crippen LogP contribution in [-0.2, 0) is 9.59 Å². The highest BCUT2D eigenvalue weighted by Gasteiger charge is 2.08. The van der Waals surface area contributed by atoms with Gasteiger partial charge >= 0.3 is 0 Å². The highest BCUT2D eigenvalue weighted by molar-refractivity contribution is 7.80. The van der Waals surface area contributed by atoms with E-state index in [1.54, 1.807) is 18.2 Å². The third kappa shape index (κ3) is 7.33. The minimum atomic E-state index is -0.444. The molecule has 2 amide bonds. The van der Waals surface area contributed by atoms with Gasteiger partial charge in [-0.25, -0.2) is 0 Å². The van der Waals surface area contributed by atoms with Crippen LogP contribution in [0.5, 0.6) is 11.5 Å². The van der Waals surface area contributed by atoms with Gasteiger partial charge in [-0.2, -0.15) is 0 Å². The molecule has 0 unspecified atom stereocenters. The van der Waals surface area contributed by atoms with E-state index in [9.17, 15) is 9.59 Å². The summed E-state index contributed by atoms with van der Waals surface area (Å²) in [6.07, 6.45) is 0. The van der Waals surface area contributed by atoms with Crippen molar-refractivity contribution in [2.45, 2.75) is 13.8 Å². The minimum Gasteiger partial charge on any atom is -0.484 e. The Hall–Kier alpha value is -3.13. The van der Waals surface area contributed by atoms with E-state index in [4.69, 9.17) is 21.7 Å². The summed E-state index contributed by atoms with van der Waals surface area (Å²) in [5.74, 6) is 0.317. The summed E-state index contributed by atoms with van der Waals surface area (Å²) in [6, 6.07) is 14.7. The van der Waals surface area contributed by atoms with E-state index in [-0.39, 0.29) is 18.3 Å². The number of hydrogen-bond acceptors (Lipinski definition) is 5. The fourth-order valence-electron chi connectivity index (χ4n) is 2.00. The van der Waals surface area contributed by atoms with Crippen LogP contribution in [0.2, 0.25) is 0 Å². The van der Waals surface area contributed by atoms with E-state index >= 15 is 0 Å². The van der Waals surface area contributed by atoms with Crippen LogP contribution < -0.4 is 25.6 Å². The predicted octanol–water partition coefficient (Wildman–Crippen LogP) is 1.78. The Labute approximate surface area is 163 Å². The lowest BCUT2D eigenvalue weighted by Gasteiger charge is -2.12. The van der Waals surface area contributed by atoms with Crippen LogP contribution in [0.1, 0.15) is 11.1 Å². The van der Waals surface area contributed by atoms with Gasteiger partial charge in [0.05, 0.1) is 0 Å². The summed E-state index contributed by atoms with van der Waals surface area (Å²) >= 11 is 4.94. The number of carbonyl (C=O) groups excluding carboxylic acids is 2. The maximum atomic E-state index is 11.8. The predicted molar refractivity (Wildman–Crippen MR) is 105 cm³/mol. The molecule has 3 N–H and O–H groups in total. The van der Waals surface area contributed by atoms with Crippen molar-refractivity contribution in [3.8, 4) is 11.5 Å². The van der Waals surface area contributed by atoms with Gasteiger partial charge in [0.25, 0.3) is 11.8 Å². The summed E-state index contributed by atoms with van der Waals surface area (Å²) in [7, 11) is 0. The molecular weight excluding hydrogens is 366 g/mol. The van der Waals surface area contributed by atoms with E-state index in [0.29, 0.717) is 11.5 Å². The van der Waals surface area contributed by atoms with Crippen molar-refractivity contribution in [2.75, 3.05) is 13.2 Å². The van der Waals surface area contributed by atoms with E-state index < -0.39 is 11.8 Å². The topological polar surface area (TPSA) is 88.7 Å². The van der Waals surface area contributed by atoms with Gasteiger partial charge in [0.2, 0.25) is 0 Å². The van der Waals surface area contributed by atoms with Crippen LogP contribution in [0.3, 0.4) is 0 Å². The molecule has 0 spiro atoms. The Morgan fingerprint density at radius 2 is 1.56 bits per heavy atom. The van der Waals surface area contributed by atoms with Gasteiger partial charge in [0.1, 0.15) is 11.5 Å². The van der Waals surface area contributed by atoms with Crippen molar-refractivity contribution in [3.05, 3.63) is 59.7 Å². The second-order valence-electron chi connectivity index (χ2n) is 5.71. The molecule has 7 nitrogen and oxygen atoms in total. The van der Waals surface area contributed by atoms with Crippen LogP contribution >= 0.6 is 12.2 Å². The minimum absolute atomic E-state index is 0.0444. The first-order chi connectivity index (χ1) is 12.9. The Morgan fingerprint density at radius 3 is 2.26 bits per heavy atom. The van der Waals surface area contributed by atoms with Crippen molar-refractivity contribution in [2.24, 2.45) is 0 Å². The monoisotopic (exact) mass is 387 g/mol. The van der Waals surface area contributed by atoms with Gasteiger partial charge in [-0.3, -0.25) is 25.8 Å². The molecule has 0 atom stereocenters. The molecule has 27 heavy (non-hydrogen) atoms. The summed E-state index contributed by atoms with van der Waals surface area (Å²) in [5.41, 5.74) is 6.80. The fourth-order valence-corrected chi connectivity index (χ4v) is 2.17. The molecule has 0 radical (unpaired) electrons. The Bertz CT molecular complexity index is 809. The summed E-state index contributed by atoms with van der Waals surface area (Å²) < 4.78 is 10.7. The molecule has 8 heteroatoms. The van der Waals surface area contributed by atoms with Gasteiger partial charge < -0.3 is 9.47 Å². The molecule has 0 aromatic heterocycles. The zero-order chi connectivity index (χ0) is 19.6. The van der Waals surface area contributed by atoms with Crippen LogP contribution in [0.4, 0.5) is 0 Å². The molecule has 142 valence electrons. The van der Waals surface area contributed by atoms with Crippen LogP contribution in [-0.4, -0.2) is 30.1 Å². The van der Waals surface area contributed by atoms with Crippen molar-refractivity contribution < 1.29 is 19.1 Å². The van der Waals surface area contributed by atoms with Crippen molar-refractivity contribution in [1.29, 1.82) is 0 Å². The van der Waals surface area contributed by atoms with Gasteiger partial charge in [0.15, 0.2) is 18.3 Å². The Morgan fingerprint density at radius 1 is 0.889 bits per heavy atom. The largest absolute Gasteiger partial charge is 0.484 e. The zero-order valence-electron chi connectivity index (χ0n) is 15.1. The number of ether oxygens (including phenoxy) is 2. The Balaban J connectivity index is 1.64. The number of thiocarbonyl (C=S) groups is 1. The lowest BCUT2D eigenvalue weighted by atomic mass is 10.2. The average Bonchev–Trinajstić information content (AvgIpc) is 2.65. The highest BCUT2D eigenvalue weighted by atomic mass is 32.1. The van der Waals surface area contributed by atoms with Crippen LogP contribution in [0, 0.1) is 13.8 Å². The SMILES string of the molecule is Cc1ccc(OCC(=O)NNC(=S)NC(=O)COc2ccccc2C)cc1. The molecule has 0 aliphatic carbocycles. The van der Waals surface area contributed by atoms with Crippen molar-refractivity contribution in [1.82, 2.24) is 16.2 Å². The molecule has 2 aromatic rings. The molecule has 2 rings (SSSR count). The second-order valence-corrected chi connectivity index (χ2v) is 6.11. The van der Waals surface area contributed by atoms with Gasteiger partial charge in [0, 0.05) is 0 Å². The number of para-hydroxylation sites is 1. The zero-order valence-corrected chi connectivity index (χ0v) is 15.9. The second kappa shape index (κ2) is 10.1. The number of hydrazine groups is 1. The van der Waals surface area contributed by atoms with Gasteiger partial charge in [-0.05, 0) is 49.8 Å². The van der Waals surface area contributed by atoms with Crippen LogP contribution in [0.25, 0.3) is 0 Å². The molecule has 0 fully saturated rings. The highest BCUT2D eigenvalue weighted by Crippen LogP contribution is 2.15. The molecular formula is C19H21N3O4S. The number of hydrogen-bond donors (Lipinski definition) is 3. The summed E-state index contributed by atoms with van der Waals surface area (Å²) in [6.45, 7) is 3.45. The van der Waals surface area contributed by atoms with E-state index in [0.717, 1.165) is 11.1 Å². The first-order valence-corrected chi connectivity index (χ1v) is 8.61. The van der Waals surface area contributed by atoms with Gasteiger partial charge in [-0.1, -0.05) is 35.9 Å². The van der Waals surface area contributed by atoms with Crippen LogP contribution in [0.15, 0.2) is 48.5 Å². The number of aryl methyl sites for hydroxylation is 2. The van der Waals surface area contributed by atoms with Gasteiger partial charge in [-0.15, -0.1) is 0 Å². The maximum Gasteiger partial charge on any atom is 0.276 e. The van der Waals surface area contributed by atoms with E-state index in [2.05, 4.69) is 16.2 Å². The number of rotatable bonds is 6.